The van der Waals surface area contributed by atoms with Gasteiger partial charge in [0.2, 0.25) is 0 Å². The standard InChI is InChI=1S/C7H8O2.CH2O2/c1-5-2-6(8)4-7(9)3-5;2-1-3/h2-4,8-9H,1H3;1H,(H,2,3). The Bertz CT molecular complexity index is 207. The summed E-state index contributed by atoms with van der Waals surface area (Å²) in [4.78, 5) is 8.36. The van der Waals surface area contributed by atoms with E-state index in [-0.39, 0.29) is 18.0 Å². The third-order valence-electron chi connectivity index (χ3n) is 1.05. The molecule has 1 aromatic rings. The number of aryl methyl sites for hydroxylation is 1. The third-order valence-corrected chi connectivity index (χ3v) is 1.05. The highest BCUT2D eigenvalue weighted by Crippen LogP contribution is 2.18. The normalized spacial score (nSPS) is 8.08. The summed E-state index contributed by atoms with van der Waals surface area (Å²) in [5.74, 6) is 0.208. The first-order valence-electron chi connectivity index (χ1n) is 3.17. The van der Waals surface area contributed by atoms with E-state index >= 15 is 0 Å². The van der Waals surface area contributed by atoms with Gasteiger partial charge < -0.3 is 15.3 Å². The number of hydrogen-bond donors (Lipinski definition) is 3. The van der Waals surface area contributed by atoms with E-state index in [1.165, 1.54) is 6.07 Å². The summed E-state index contributed by atoms with van der Waals surface area (Å²) in [6.07, 6.45) is 0. The van der Waals surface area contributed by atoms with Crippen LogP contribution >= 0.6 is 0 Å². The number of carbonyl (C=O) groups is 1. The van der Waals surface area contributed by atoms with Crippen LogP contribution in [0, 0.1) is 6.92 Å². The van der Waals surface area contributed by atoms with Crippen LogP contribution in [-0.2, 0) is 4.79 Å². The fourth-order valence-electron chi connectivity index (χ4n) is 0.743. The maximum atomic E-state index is 8.83. The maximum Gasteiger partial charge on any atom is 0.290 e. The first-order valence-corrected chi connectivity index (χ1v) is 3.17. The Labute approximate surface area is 69.7 Å². The topological polar surface area (TPSA) is 77.8 Å². The van der Waals surface area contributed by atoms with Crippen LogP contribution < -0.4 is 0 Å². The highest BCUT2D eigenvalue weighted by atomic mass is 16.3. The van der Waals surface area contributed by atoms with Gasteiger partial charge in [-0.05, 0) is 24.6 Å². The third kappa shape index (κ3) is 4.16. The molecule has 4 heteroatoms. The molecule has 66 valence electrons. The Morgan fingerprint density at radius 1 is 1.17 bits per heavy atom. The smallest absolute Gasteiger partial charge is 0.290 e. The molecule has 0 bridgehead atoms. The van der Waals surface area contributed by atoms with Gasteiger partial charge in [0.25, 0.3) is 6.47 Å². The summed E-state index contributed by atoms with van der Waals surface area (Å²) in [6, 6.07) is 4.46. The number of benzene rings is 1. The van der Waals surface area contributed by atoms with E-state index in [4.69, 9.17) is 20.1 Å². The van der Waals surface area contributed by atoms with Gasteiger partial charge in [0.1, 0.15) is 11.5 Å². The molecule has 4 nitrogen and oxygen atoms in total. The van der Waals surface area contributed by atoms with Crippen molar-refractivity contribution in [2.75, 3.05) is 0 Å². The van der Waals surface area contributed by atoms with Crippen molar-refractivity contribution >= 4 is 6.47 Å². The number of carboxylic acid groups (broad SMARTS) is 1. The zero-order valence-electron chi connectivity index (χ0n) is 6.56. The van der Waals surface area contributed by atoms with Crippen LogP contribution in [0.25, 0.3) is 0 Å². The van der Waals surface area contributed by atoms with Crippen molar-refractivity contribution in [1.29, 1.82) is 0 Å². The molecule has 0 fully saturated rings. The van der Waals surface area contributed by atoms with Crippen molar-refractivity contribution in [1.82, 2.24) is 0 Å². The summed E-state index contributed by atoms with van der Waals surface area (Å²) >= 11 is 0. The zero-order valence-corrected chi connectivity index (χ0v) is 6.56. The minimum Gasteiger partial charge on any atom is -0.508 e. The second kappa shape index (κ2) is 5.01. The van der Waals surface area contributed by atoms with Gasteiger partial charge in [-0.2, -0.15) is 0 Å². The number of phenolic OH excluding ortho intramolecular Hbond substituents is 2. The molecule has 0 aliphatic heterocycles. The molecule has 0 amide bonds. The van der Waals surface area contributed by atoms with E-state index in [0.29, 0.717) is 0 Å². The van der Waals surface area contributed by atoms with Gasteiger partial charge in [0.15, 0.2) is 0 Å². The highest BCUT2D eigenvalue weighted by Gasteiger charge is 1.91. The van der Waals surface area contributed by atoms with Crippen molar-refractivity contribution < 1.29 is 20.1 Å². The molecular formula is C8H10O4. The van der Waals surface area contributed by atoms with Gasteiger partial charge in [0.05, 0.1) is 0 Å². The Morgan fingerprint density at radius 2 is 1.50 bits per heavy atom. The second-order valence-electron chi connectivity index (χ2n) is 2.13. The molecule has 0 aliphatic rings. The molecule has 0 aliphatic carbocycles. The molecule has 3 N–H and O–H groups in total. The fraction of sp³-hybridized carbons (Fsp3) is 0.125. The molecule has 1 aromatic carbocycles. The molecular weight excluding hydrogens is 160 g/mol. The lowest BCUT2D eigenvalue weighted by molar-refractivity contribution is -0.122. The van der Waals surface area contributed by atoms with Crippen molar-refractivity contribution in [2.45, 2.75) is 6.92 Å². The SMILES string of the molecule is Cc1cc(O)cc(O)c1.O=CO. The quantitative estimate of drug-likeness (QED) is 0.509. The number of hydrogen-bond acceptors (Lipinski definition) is 3. The van der Waals surface area contributed by atoms with Crippen LogP contribution in [0.4, 0.5) is 0 Å². The van der Waals surface area contributed by atoms with E-state index in [9.17, 15) is 0 Å². The molecule has 0 saturated carbocycles. The molecule has 0 saturated heterocycles. The molecule has 0 spiro atoms. The molecule has 0 radical (unpaired) electrons. The monoisotopic (exact) mass is 170 g/mol. The van der Waals surface area contributed by atoms with Crippen molar-refractivity contribution in [2.24, 2.45) is 0 Å². The first-order chi connectivity index (χ1) is 5.60. The summed E-state index contributed by atoms with van der Waals surface area (Å²) in [6.45, 7) is 1.56. The van der Waals surface area contributed by atoms with Gasteiger partial charge in [-0.1, -0.05) is 0 Å². The molecule has 0 atom stereocenters. The highest BCUT2D eigenvalue weighted by molar-refractivity contribution is 5.35. The maximum absolute atomic E-state index is 8.83. The largest absolute Gasteiger partial charge is 0.508 e. The molecule has 0 heterocycles. The van der Waals surface area contributed by atoms with Crippen molar-refractivity contribution in [3.05, 3.63) is 23.8 Å². The lowest BCUT2D eigenvalue weighted by Crippen LogP contribution is -1.70. The van der Waals surface area contributed by atoms with Crippen LogP contribution in [-0.4, -0.2) is 21.8 Å². The summed E-state index contributed by atoms with van der Waals surface area (Å²) in [7, 11) is 0. The van der Waals surface area contributed by atoms with E-state index in [1.54, 1.807) is 19.1 Å². The van der Waals surface area contributed by atoms with Gasteiger partial charge in [0, 0.05) is 6.07 Å². The van der Waals surface area contributed by atoms with E-state index in [2.05, 4.69) is 0 Å². The Balaban J connectivity index is 0.000000354. The molecule has 1 rings (SSSR count). The number of rotatable bonds is 0. The van der Waals surface area contributed by atoms with Crippen molar-refractivity contribution in [3.8, 4) is 11.5 Å². The van der Waals surface area contributed by atoms with Gasteiger partial charge in [-0.3, -0.25) is 4.79 Å². The first kappa shape index (κ1) is 10.3. The lowest BCUT2D eigenvalue weighted by atomic mass is 10.2. The lowest BCUT2D eigenvalue weighted by Gasteiger charge is -1.94. The Hall–Kier alpha value is -1.71. The minimum absolute atomic E-state index is 0.104. The molecule has 12 heavy (non-hydrogen) atoms. The van der Waals surface area contributed by atoms with Crippen LogP contribution in [0.15, 0.2) is 18.2 Å². The van der Waals surface area contributed by atoms with E-state index < -0.39 is 0 Å². The van der Waals surface area contributed by atoms with E-state index in [0.717, 1.165) is 5.56 Å². The van der Waals surface area contributed by atoms with Crippen LogP contribution in [0.3, 0.4) is 0 Å². The van der Waals surface area contributed by atoms with Crippen LogP contribution in [0.1, 0.15) is 5.56 Å². The van der Waals surface area contributed by atoms with Crippen LogP contribution in [0.2, 0.25) is 0 Å². The number of aromatic hydroxyl groups is 2. The average Bonchev–Trinajstić information content (AvgIpc) is 1.84. The van der Waals surface area contributed by atoms with Crippen LogP contribution in [0.5, 0.6) is 11.5 Å². The predicted octanol–water partition coefficient (Wildman–Crippen LogP) is 1.11. The van der Waals surface area contributed by atoms with Gasteiger partial charge >= 0.3 is 0 Å². The summed E-state index contributed by atoms with van der Waals surface area (Å²) < 4.78 is 0. The predicted molar refractivity (Wildman–Crippen MR) is 43.2 cm³/mol. The average molecular weight is 170 g/mol. The zero-order chi connectivity index (χ0) is 9.56. The number of phenols is 2. The summed E-state index contributed by atoms with van der Waals surface area (Å²) in [5, 5.41) is 24.6. The summed E-state index contributed by atoms with van der Waals surface area (Å²) in [5.41, 5.74) is 0.854. The Morgan fingerprint density at radius 3 is 1.75 bits per heavy atom. The molecule has 0 aromatic heterocycles. The molecule has 0 unspecified atom stereocenters. The van der Waals surface area contributed by atoms with E-state index in [1.807, 2.05) is 0 Å². The minimum atomic E-state index is -0.250. The van der Waals surface area contributed by atoms with Gasteiger partial charge in [-0.25, -0.2) is 0 Å². The fourth-order valence-corrected chi connectivity index (χ4v) is 0.743. The Kier molecular flexibility index (Phi) is 4.30. The second-order valence-corrected chi connectivity index (χ2v) is 2.13. The van der Waals surface area contributed by atoms with Gasteiger partial charge in [-0.15, -0.1) is 0 Å². The van der Waals surface area contributed by atoms with Crippen molar-refractivity contribution in [3.63, 3.8) is 0 Å².